The van der Waals surface area contributed by atoms with Crippen molar-refractivity contribution in [2.24, 2.45) is 7.05 Å². The molecular formula is C25H26N6O3S. The summed E-state index contributed by atoms with van der Waals surface area (Å²) in [6.45, 7) is 3.28. The zero-order chi connectivity index (χ0) is 24.5. The van der Waals surface area contributed by atoms with Crippen molar-refractivity contribution in [3.8, 4) is 5.75 Å². The Balaban J connectivity index is 1.45. The summed E-state index contributed by atoms with van der Waals surface area (Å²) in [6.07, 6.45) is 2.69. The summed E-state index contributed by atoms with van der Waals surface area (Å²) >= 11 is 1.71. The number of ether oxygens (including phenoxy) is 1. The third-order valence-electron chi connectivity index (χ3n) is 6.02. The highest BCUT2D eigenvalue weighted by Gasteiger charge is 2.20. The molecule has 0 aliphatic carbocycles. The first kappa shape index (κ1) is 23.0. The predicted octanol–water partition coefficient (Wildman–Crippen LogP) is 3.63. The molecule has 0 fully saturated rings. The molecule has 1 aliphatic heterocycles. The second kappa shape index (κ2) is 9.46. The maximum atomic E-state index is 13.2. The second-order valence-electron chi connectivity index (χ2n) is 8.23. The molecule has 2 aromatic carbocycles. The van der Waals surface area contributed by atoms with Crippen LogP contribution >= 0.6 is 11.8 Å². The molecule has 0 saturated heterocycles. The van der Waals surface area contributed by atoms with E-state index in [0.717, 1.165) is 40.9 Å². The number of amides is 2. The Morgan fingerprint density at radius 2 is 2.00 bits per heavy atom. The van der Waals surface area contributed by atoms with Crippen LogP contribution < -0.4 is 15.4 Å². The molecule has 2 amide bonds. The first-order valence-electron chi connectivity index (χ1n) is 11.4. The molecule has 3 heterocycles. The van der Waals surface area contributed by atoms with Gasteiger partial charge in [-0.1, -0.05) is 30.8 Å². The smallest absolute Gasteiger partial charge is 0.259 e. The summed E-state index contributed by atoms with van der Waals surface area (Å²) in [5, 5.41) is 6.90. The van der Waals surface area contributed by atoms with E-state index in [-0.39, 0.29) is 11.8 Å². The highest BCUT2D eigenvalue weighted by atomic mass is 32.2. The predicted molar refractivity (Wildman–Crippen MR) is 135 cm³/mol. The summed E-state index contributed by atoms with van der Waals surface area (Å²) in [5.41, 5.74) is 3.54. The molecule has 2 N–H and O–H groups in total. The number of carbonyl (C=O) groups is 2. The lowest BCUT2D eigenvalue weighted by Gasteiger charge is -2.13. The molecule has 180 valence electrons. The number of anilines is 1. The van der Waals surface area contributed by atoms with Gasteiger partial charge in [0.1, 0.15) is 11.6 Å². The number of rotatable bonds is 7. The zero-order valence-electron chi connectivity index (χ0n) is 19.8. The largest absolute Gasteiger partial charge is 0.496 e. The van der Waals surface area contributed by atoms with Gasteiger partial charge in [0.15, 0.2) is 5.16 Å². The van der Waals surface area contributed by atoms with Gasteiger partial charge >= 0.3 is 0 Å². The Morgan fingerprint density at radius 1 is 1.17 bits per heavy atom. The van der Waals surface area contributed by atoms with Crippen LogP contribution in [0.25, 0.3) is 11.0 Å². The van der Waals surface area contributed by atoms with Crippen molar-refractivity contribution < 1.29 is 14.3 Å². The molecule has 0 spiro atoms. The minimum atomic E-state index is -0.328. The first-order valence-corrected chi connectivity index (χ1v) is 12.4. The number of hydrogen-bond acceptors (Lipinski definition) is 6. The van der Waals surface area contributed by atoms with E-state index in [1.807, 2.05) is 24.7 Å². The number of nitrogens with zero attached hydrogens (tertiary/aromatic N) is 4. The minimum absolute atomic E-state index is 0.260. The van der Waals surface area contributed by atoms with Crippen LogP contribution in [0.5, 0.6) is 5.75 Å². The number of thioether (sulfide) groups is 1. The molecule has 0 saturated carbocycles. The number of aromatic nitrogens is 4. The molecule has 4 aromatic rings. The van der Waals surface area contributed by atoms with Gasteiger partial charge in [-0.05, 0) is 24.3 Å². The van der Waals surface area contributed by atoms with Gasteiger partial charge in [0.2, 0.25) is 0 Å². The maximum Gasteiger partial charge on any atom is 0.259 e. The van der Waals surface area contributed by atoms with E-state index in [0.29, 0.717) is 34.6 Å². The first-order chi connectivity index (χ1) is 17.0. The summed E-state index contributed by atoms with van der Waals surface area (Å²) < 4.78 is 9.39. The number of benzene rings is 2. The molecular weight excluding hydrogens is 464 g/mol. The summed E-state index contributed by atoms with van der Waals surface area (Å²) in [6, 6.07) is 10.5. The van der Waals surface area contributed by atoms with Crippen LogP contribution in [-0.4, -0.2) is 43.8 Å². The Hall–Kier alpha value is -3.79. The SMILES string of the molecule is CCc1nc2cc(C(=O)NCc3cn4c(n3)SCC4)cc(NC(=O)c3ccccc3OC)c2n1C. The number of fused-ring (bicyclic) bond motifs is 2. The van der Waals surface area contributed by atoms with Crippen molar-refractivity contribution in [2.45, 2.75) is 31.6 Å². The lowest BCUT2D eigenvalue weighted by Crippen LogP contribution is -2.23. The van der Waals surface area contributed by atoms with Crippen molar-refractivity contribution >= 4 is 40.3 Å². The van der Waals surface area contributed by atoms with Crippen LogP contribution in [-0.2, 0) is 26.6 Å². The molecule has 35 heavy (non-hydrogen) atoms. The van der Waals surface area contributed by atoms with Gasteiger partial charge in [0.05, 0.1) is 41.6 Å². The van der Waals surface area contributed by atoms with Gasteiger partial charge < -0.3 is 24.5 Å². The molecule has 0 unspecified atom stereocenters. The fraction of sp³-hybridized carbons (Fsp3) is 0.280. The van der Waals surface area contributed by atoms with Gasteiger partial charge in [-0.15, -0.1) is 0 Å². The molecule has 2 aromatic heterocycles. The van der Waals surface area contributed by atoms with Gasteiger partial charge in [0.25, 0.3) is 11.8 Å². The number of aryl methyl sites for hydroxylation is 3. The number of nitrogens with one attached hydrogen (secondary N) is 2. The molecule has 5 rings (SSSR count). The van der Waals surface area contributed by atoms with Gasteiger partial charge in [-0.3, -0.25) is 9.59 Å². The fourth-order valence-corrected chi connectivity index (χ4v) is 5.25. The molecule has 0 radical (unpaired) electrons. The monoisotopic (exact) mass is 490 g/mol. The van der Waals surface area contributed by atoms with Crippen LogP contribution in [0, 0.1) is 0 Å². The van der Waals surface area contributed by atoms with Crippen LogP contribution in [0.4, 0.5) is 5.69 Å². The van der Waals surface area contributed by atoms with E-state index in [1.54, 1.807) is 48.2 Å². The number of carbonyl (C=O) groups excluding carboxylic acids is 2. The Morgan fingerprint density at radius 3 is 2.77 bits per heavy atom. The summed E-state index contributed by atoms with van der Waals surface area (Å²) in [5.74, 6) is 1.77. The lowest BCUT2D eigenvalue weighted by molar-refractivity contribution is 0.0949. The maximum absolute atomic E-state index is 13.2. The van der Waals surface area contributed by atoms with Crippen molar-refractivity contribution in [1.82, 2.24) is 24.4 Å². The Labute approximate surface area is 206 Å². The van der Waals surface area contributed by atoms with E-state index in [4.69, 9.17) is 4.74 Å². The van der Waals surface area contributed by atoms with E-state index in [1.165, 1.54) is 7.11 Å². The number of imidazole rings is 2. The van der Waals surface area contributed by atoms with Crippen LogP contribution in [0.3, 0.4) is 0 Å². The summed E-state index contributed by atoms with van der Waals surface area (Å²) in [4.78, 5) is 35.5. The quantitative estimate of drug-likeness (QED) is 0.410. The van der Waals surface area contributed by atoms with Gasteiger partial charge in [-0.25, -0.2) is 9.97 Å². The molecule has 1 aliphatic rings. The van der Waals surface area contributed by atoms with Crippen LogP contribution in [0.1, 0.15) is 39.2 Å². The average molecular weight is 491 g/mol. The number of para-hydroxylation sites is 1. The van der Waals surface area contributed by atoms with Crippen molar-refractivity contribution in [3.63, 3.8) is 0 Å². The van der Waals surface area contributed by atoms with E-state index in [2.05, 4.69) is 25.2 Å². The Kier molecular flexibility index (Phi) is 6.21. The fourth-order valence-electron chi connectivity index (χ4n) is 4.28. The van der Waals surface area contributed by atoms with Crippen LogP contribution in [0.15, 0.2) is 47.8 Å². The summed E-state index contributed by atoms with van der Waals surface area (Å²) in [7, 11) is 3.43. The average Bonchev–Trinajstić information content (AvgIpc) is 3.55. The Bertz CT molecular complexity index is 1420. The zero-order valence-corrected chi connectivity index (χ0v) is 20.6. The lowest BCUT2D eigenvalue weighted by atomic mass is 10.1. The standard InChI is InChI=1S/C25H26N6O3S/c1-4-21-28-18-11-15(23(32)26-13-16-14-31-9-10-35-25(31)27-16)12-19(22(18)30(21)2)29-24(33)17-7-5-6-8-20(17)34-3/h5-8,11-12,14H,4,9-10,13H2,1-3H3,(H,26,32)(H,29,33). The number of methoxy groups -OCH3 is 1. The third kappa shape index (κ3) is 4.37. The van der Waals surface area contributed by atoms with Gasteiger partial charge in [-0.2, -0.15) is 0 Å². The van der Waals surface area contributed by atoms with E-state index < -0.39 is 0 Å². The van der Waals surface area contributed by atoms with E-state index >= 15 is 0 Å². The molecule has 10 heteroatoms. The molecule has 0 atom stereocenters. The minimum Gasteiger partial charge on any atom is -0.496 e. The third-order valence-corrected chi connectivity index (χ3v) is 6.99. The van der Waals surface area contributed by atoms with Gasteiger partial charge in [0, 0.05) is 37.5 Å². The molecule has 9 nitrogen and oxygen atoms in total. The van der Waals surface area contributed by atoms with E-state index in [9.17, 15) is 9.59 Å². The highest BCUT2D eigenvalue weighted by molar-refractivity contribution is 7.99. The van der Waals surface area contributed by atoms with Crippen LogP contribution in [0.2, 0.25) is 0 Å². The normalized spacial score (nSPS) is 12.5. The second-order valence-corrected chi connectivity index (χ2v) is 9.29. The van der Waals surface area contributed by atoms with Crippen molar-refractivity contribution in [3.05, 3.63) is 65.2 Å². The highest BCUT2D eigenvalue weighted by Crippen LogP contribution is 2.29. The number of hydrogen-bond donors (Lipinski definition) is 2. The van der Waals surface area contributed by atoms with Crippen molar-refractivity contribution in [1.29, 1.82) is 0 Å². The molecule has 0 bridgehead atoms. The topological polar surface area (TPSA) is 103 Å². The van der Waals surface area contributed by atoms with Crippen molar-refractivity contribution in [2.75, 3.05) is 18.2 Å².